The number of aromatic nitrogens is 2. The maximum absolute atomic E-state index is 13.7. The maximum Gasteiger partial charge on any atom is 0.295 e. The van der Waals surface area contributed by atoms with Crippen LogP contribution in [0.3, 0.4) is 0 Å². The van der Waals surface area contributed by atoms with E-state index in [9.17, 15) is 14.4 Å². The molecule has 0 fully saturated rings. The third-order valence-electron chi connectivity index (χ3n) is 6.23. The number of benzene rings is 3. The van der Waals surface area contributed by atoms with Gasteiger partial charge in [-0.1, -0.05) is 69.3 Å². The van der Waals surface area contributed by atoms with Gasteiger partial charge in [0, 0.05) is 24.1 Å². The van der Waals surface area contributed by atoms with Gasteiger partial charge in [-0.2, -0.15) is 0 Å². The molecule has 0 aliphatic rings. The molecule has 2 N–H and O–H groups in total. The first kappa shape index (κ1) is 28.0. The van der Waals surface area contributed by atoms with E-state index in [-0.39, 0.29) is 28.5 Å². The van der Waals surface area contributed by atoms with Crippen LogP contribution >= 0.6 is 11.8 Å². The van der Waals surface area contributed by atoms with Crippen molar-refractivity contribution in [3.63, 3.8) is 0 Å². The number of nitrogens with zero attached hydrogens (tertiary/aromatic N) is 2. The Hall–Kier alpha value is -4.04. The molecule has 0 saturated heterocycles. The van der Waals surface area contributed by atoms with Gasteiger partial charge in [-0.3, -0.25) is 19.1 Å². The summed E-state index contributed by atoms with van der Waals surface area (Å²) in [5, 5.41) is 5.25. The molecule has 202 valence electrons. The van der Waals surface area contributed by atoms with E-state index in [0.29, 0.717) is 17.8 Å². The quantitative estimate of drug-likeness (QED) is 0.255. The van der Waals surface area contributed by atoms with Crippen molar-refractivity contribution in [1.29, 1.82) is 0 Å². The van der Waals surface area contributed by atoms with Crippen LogP contribution in [0.15, 0.2) is 94.6 Å². The van der Waals surface area contributed by atoms with Gasteiger partial charge in [0.1, 0.15) is 10.9 Å². The molecule has 4 rings (SSSR count). The number of carbonyl (C=O) groups excluding carboxylic acids is 2. The van der Waals surface area contributed by atoms with Crippen molar-refractivity contribution in [2.24, 2.45) is 12.5 Å². The summed E-state index contributed by atoms with van der Waals surface area (Å²) in [6.45, 7) is 7.88. The minimum atomic E-state index is -0.600. The molecule has 0 bridgehead atoms. The molecule has 1 unspecified atom stereocenters. The van der Waals surface area contributed by atoms with E-state index in [0.717, 1.165) is 16.1 Å². The van der Waals surface area contributed by atoms with Crippen LogP contribution in [0.4, 0.5) is 11.4 Å². The Kier molecular flexibility index (Phi) is 8.45. The molecule has 0 aliphatic heterocycles. The van der Waals surface area contributed by atoms with Crippen LogP contribution in [-0.4, -0.2) is 21.2 Å². The molecule has 0 aliphatic carbocycles. The minimum absolute atomic E-state index is 0.0381. The first-order valence-corrected chi connectivity index (χ1v) is 13.7. The Morgan fingerprint density at radius 1 is 0.872 bits per heavy atom. The third-order valence-corrected chi connectivity index (χ3v) is 7.49. The van der Waals surface area contributed by atoms with Crippen LogP contribution in [0.5, 0.6) is 0 Å². The van der Waals surface area contributed by atoms with Crippen molar-refractivity contribution >= 4 is 35.0 Å². The normalized spacial score (nSPS) is 12.1. The average Bonchev–Trinajstić information content (AvgIpc) is 3.11. The molecule has 39 heavy (non-hydrogen) atoms. The van der Waals surface area contributed by atoms with E-state index < -0.39 is 5.25 Å². The first-order valence-electron chi connectivity index (χ1n) is 12.8. The number of rotatable bonds is 8. The summed E-state index contributed by atoms with van der Waals surface area (Å²) in [5.41, 5.74) is 2.76. The Balaban J connectivity index is 1.57. The fraction of sp³-hybridized carbons (Fsp3) is 0.258. The van der Waals surface area contributed by atoms with Gasteiger partial charge in [-0.15, -0.1) is 11.8 Å². The zero-order valence-electron chi connectivity index (χ0n) is 22.9. The van der Waals surface area contributed by atoms with Gasteiger partial charge in [0.2, 0.25) is 11.8 Å². The van der Waals surface area contributed by atoms with Crippen molar-refractivity contribution in [2.45, 2.75) is 44.3 Å². The summed E-state index contributed by atoms with van der Waals surface area (Å²) in [7, 11) is 1.80. The Morgan fingerprint density at radius 3 is 2.05 bits per heavy atom. The predicted molar refractivity (Wildman–Crippen MR) is 159 cm³/mol. The molecule has 4 aromatic rings. The number of thioether (sulfide) groups is 1. The smallest absolute Gasteiger partial charge is 0.295 e. The number of hydrogen-bond acceptors (Lipinski definition) is 4. The molecule has 2 amide bonds. The zero-order valence-corrected chi connectivity index (χ0v) is 23.7. The van der Waals surface area contributed by atoms with E-state index in [2.05, 4.69) is 10.6 Å². The van der Waals surface area contributed by atoms with Crippen LogP contribution in [0.2, 0.25) is 0 Å². The van der Waals surface area contributed by atoms with Gasteiger partial charge in [0.05, 0.1) is 11.4 Å². The van der Waals surface area contributed by atoms with Crippen molar-refractivity contribution in [1.82, 2.24) is 9.36 Å². The Morgan fingerprint density at radius 2 is 1.46 bits per heavy atom. The van der Waals surface area contributed by atoms with Gasteiger partial charge < -0.3 is 10.6 Å². The molecule has 7 nitrogen and oxygen atoms in total. The second-order valence-corrected chi connectivity index (χ2v) is 11.8. The number of para-hydroxylation sites is 1. The summed E-state index contributed by atoms with van der Waals surface area (Å²) in [6.07, 6.45) is 0.421. The summed E-state index contributed by atoms with van der Waals surface area (Å²) in [4.78, 5) is 40.2. The van der Waals surface area contributed by atoms with Crippen LogP contribution in [0, 0.1) is 12.3 Å². The summed E-state index contributed by atoms with van der Waals surface area (Å²) in [6, 6.07) is 26.3. The summed E-state index contributed by atoms with van der Waals surface area (Å²) < 4.78 is 3.28. The van der Waals surface area contributed by atoms with E-state index in [4.69, 9.17) is 0 Å². The van der Waals surface area contributed by atoms with Crippen LogP contribution in [0.1, 0.15) is 43.7 Å². The zero-order chi connectivity index (χ0) is 28.2. The highest BCUT2D eigenvalue weighted by Gasteiger charge is 2.26. The number of anilines is 2. The average molecular weight is 543 g/mol. The third kappa shape index (κ3) is 6.89. The molecular weight excluding hydrogens is 508 g/mol. The second kappa shape index (κ2) is 11.8. The molecule has 0 radical (unpaired) electrons. The van der Waals surface area contributed by atoms with E-state index >= 15 is 0 Å². The van der Waals surface area contributed by atoms with Crippen molar-refractivity contribution in [3.05, 3.63) is 107 Å². The van der Waals surface area contributed by atoms with Crippen molar-refractivity contribution in [3.8, 4) is 5.69 Å². The molecular formula is C31H34N4O3S. The van der Waals surface area contributed by atoms with Gasteiger partial charge in [-0.25, -0.2) is 4.68 Å². The highest BCUT2D eigenvalue weighted by atomic mass is 32.2. The fourth-order valence-electron chi connectivity index (χ4n) is 4.24. The monoisotopic (exact) mass is 542 g/mol. The molecule has 3 aromatic carbocycles. The summed E-state index contributed by atoms with van der Waals surface area (Å²) in [5.74, 6) is -0.330. The molecule has 1 atom stereocenters. The topological polar surface area (TPSA) is 85.1 Å². The SMILES string of the molecule is Cc1c(NC(=O)C(Sc2ccc(NC(=O)CC(C)(C)C)cc2)c2ccccc2)c(=O)n(-c2ccccc2)n1C. The minimum Gasteiger partial charge on any atom is -0.326 e. The highest BCUT2D eigenvalue weighted by molar-refractivity contribution is 8.00. The Bertz CT molecular complexity index is 1500. The highest BCUT2D eigenvalue weighted by Crippen LogP contribution is 2.37. The van der Waals surface area contributed by atoms with Crippen LogP contribution in [-0.2, 0) is 16.6 Å². The number of nitrogens with one attached hydrogen (secondary N) is 2. The lowest BCUT2D eigenvalue weighted by Crippen LogP contribution is -2.25. The molecule has 0 saturated carbocycles. The van der Waals surface area contributed by atoms with Crippen LogP contribution in [0.25, 0.3) is 5.69 Å². The molecule has 1 aromatic heterocycles. The number of carbonyl (C=O) groups is 2. The van der Waals surface area contributed by atoms with E-state index in [1.54, 1.807) is 16.4 Å². The Labute approximate surface area is 233 Å². The maximum atomic E-state index is 13.7. The predicted octanol–water partition coefficient (Wildman–Crippen LogP) is 6.33. The van der Waals surface area contributed by atoms with Crippen molar-refractivity contribution < 1.29 is 9.59 Å². The van der Waals surface area contributed by atoms with Crippen LogP contribution < -0.4 is 16.2 Å². The molecule has 1 heterocycles. The lowest BCUT2D eigenvalue weighted by atomic mass is 9.92. The standard InChI is InChI=1S/C31H34N4O3S/c1-21-27(30(38)35(34(21)5)24-14-10-7-11-15-24)33-29(37)28(22-12-8-6-9-13-22)39-25-18-16-23(17-19-25)32-26(36)20-31(2,3)4/h6-19,28H,20H2,1-5H3,(H,32,36)(H,33,37). The number of hydrogen-bond donors (Lipinski definition) is 2. The fourth-order valence-corrected chi connectivity index (χ4v) is 5.27. The van der Waals surface area contributed by atoms with E-state index in [1.807, 2.05) is 113 Å². The number of amides is 2. The van der Waals surface area contributed by atoms with Crippen molar-refractivity contribution in [2.75, 3.05) is 10.6 Å². The first-order chi connectivity index (χ1) is 18.5. The summed E-state index contributed by atoms with van der Waals surface area (Å²) >= 11 is 1.39. The van der Waals surface area contributed by atoms with E-state index in [1.165, 1.54) is 11.8 Å². The lowest BCUT2D eigenvalue weighted by Gasteiger charge is -2.18. The second-order valence-electron chi connectivity index (χ2n) is 10.6. The van der Waals surface area contributed by atoms with Gasteiger partial charge in [0.15, 0.2) is 0 Å². The van der Waals surface area contributed by atoms with Gasteiger partial charge in [-0.05, 0) is 54.3 Å². The van der Waals surface area contributed by atoms with Gasteiger partial charge in [0.25, 0.3) is 5.56 Å². The largest absolute Gasteiger partial charge is 0.326 e. The molecule has 0 spiro atoms. The lowest BCUT2D eigenvalue weighted by molar-refractivity contribution is -0.118. The van der Waals surface area contributed by atoms with Gasteiger partial charge >= 0.3 is 0 Å². The molecule has 8 heteroatoms.